The fraction of sp³-hybridized carbons (Fsp3) is 0.300. The first-order valence-corrected chi connectivity index (χ1v) is 9.45. The number of carbonyl (C=O) groups is 1. The molecule has 2 heterocycles. The van der Waals surface area contributed by atoms with Gasteiger partial charge in [0.15, 0.2) is 0 Å². The standard InChI is InChI=1S/C20H21N5O4/c26-19(14-4-3-5-15(12-14)25(27)28)24(10-8-16-13-21-9-11-29-16)20-22-17-6-1-2-7-18(17)23-20/h1-7,12,16,21H,8-11,13H2,(H,22,23). The minimum absolute atomic E-state index is 0.00598. The van der Waals surface area contributed by atoms with Gasteiger partial charge in [0.05, 0.1) is 28.7 Å². The number of rotatable bonds is 6. The zero-order valence-corrected chi connectivity index (χ0v) is 15.7. The summed E-state index contributed by atoms with van der Waals surface area (Å²) in [6.45, 7) is 2.54. The number of morpholine rings is 1. The lowest BCUT2D eigenvalue weighted by molar-refractivity contribution is -0.384. The number of carbonyl (C=O) groups excluding carboxylic acids is 1. The summed E-state index contributed by atoms with van der Waals surface area (Å²) in [6, 6.07) is 13.2. The van der Waals surface area contributed by atoms with Gasteiger partial charge in [-0.1, -0.05) is 18.2 Å². The Kier molecular flexibility index (Phi) is 5.50. The topological polar surface area (TPSA) is 113 Å². The van der Waals surface area contributed by atoms with E-state index in [2.05, 4.69) is 15.3 Å². The maximum absolute atomic E-state index is 13.3. The van der Waals surface area contributed by atoms with E-state index in [4.69, 9.17) is 4.74 Å². The molecule has 1 amide bonds. The Hall–Kier alpha value is -3.30. The van der Waals surface area contributed by atoms with Gasteiger partial charge >= 0.3 is 0 Å². The number of para-hydroxylation sites is 2. The van der Waals surface area contributed by atoms with Crippen molar-refractivity contribution >= 4 is 28.6 Å². The van der Waals surface area contributed by atoms with Crippen LogP contribution in [0.5, 0.6) is 0 Å². The highest BCUT2D eigenvalue weighted by atomic mass is 16.6. The van der Waals surface area contributed by atoms with Gasteiger partial charge in [0, 0.05) is 37.3 Å². The quantitative estimate of drug-likeness (QED) is 0.490. The molecule has 2 N–H and O–H groups in total. The first-order valence-electron chi connectivity index (χ1n) is 9.45. The summed E-state index contributed by atoms with van der Waals surface area (Å²) in [5.74, 6) is 0.0583. The maximum atomic E-state index is 13.3. The Morgan fingerprint density at radius 2 is 2.14 bits per heavy atom. The molecule has 1 aliphatic rings. The van der Waals surface area contributed by atoms with E-state index in [1.54, 1.807) is 6.07 Å². The first-order chi connectivity index (χ1) is 14.1. The Morgan fingerprint density at radius 3 is 2.90 bits per heavy atom. The summed E-state index contributed by atoms with van der Waals surface area (Å²) in [7, 11) is 0. The highest BCUT2D eigenvalue weighted by molar-refractivity contribution is 6.06. The van der Waals surface area contributed by atoms with Crippen LogP contribution in [-0.2, 0) is 4.74 Å². The summed E-state index contributed by atoms with van der Waals surface area (Å²) in [5.41, 5.74) is 1.67. The van der Waals surface area contributed by atoms with Crippen molar-refractivity contribution in [1.29, 1.82) is 0 Å². The van der Waals surface area contributed by atoms with Crippen LogP contribution in [0, 0.1) is 10.1 Å². The minimum atomic E-state index is -0.510. The molecule has 2 aromatic carbocycles. The van der Waals surface area contributed by atoms with E-state index >= 15 is 0 Å². The van der Waals surface area contributed by atoms with Gasteiger partial charge in [0.1, 0.15) is 0 Å². The molecule has 4 rings (SSSR count). The number of imidazole rings is 1. The lowest BCUT2D eigenvalue weighted by Crippen LogP contribution is -2.42. The maximum Gasteiger partial charge on any atom is 0.270 e. The lowest BCUT2D eigenvalue weighted by Gasteiger charge is -2.26. The van der Waals surface area contributed by atoms with Crippen LogP contribution in [-0.4, -0.2) is 53.1 Å². The number of hydrogen-bond donors (Lipinski definition) is 2. The van der Waals surface area contributed by atoms with Crippen LogP contribution in [0.25, 0.3) is 11.0 Å². The Labute approximate surface area is 166 Å². The summed E-state index contributed by atoms with van der Waals surface area (Å²) in [4.78, 5) is 33.1. The van der Waals surface area contributed by atoms with Gasteiger partial charge in [0.2, 0.25) is 5.95 Å². The molecule has 0 radical (unpaired) electrons. The predicted octanol–water partition coefficient (Wildman–Crippen LogP) is 2.50. The molecule has 1 unspecified atom stereocenters. The van der Waals surface area contributed by atoms with Gasteiger partial charge < -0.3 is 15.0 Å². The van der Waals surface area contributed by atoms with E-state index in [-0.39, 0.29) is 23.3 Å². The van der Waals surface area contributed by atoms with E-state index in [0.717, 1.165) is 24.1 Å². The zero-order chi connectivity index (χ0) is 20.2. The molecule has 29 heavy (non-hydrogen) atoms. The second-order valence-corrected chi connectivity index (χ2v) is 6.83. The van der Waals surface area contributed by atoms with E-state index < -0.39 is 4.92 Å². The minimum Gasteiger partial charge on any atom is -0.376 e. The van der Waals surface area contributed by atoms with E-state index in [1.807, 2.05) is 24.3 Å². The van der Waals surface area contributed by atoms with Crippen LogP contribution in [0.1, 0.15) is 16.8 Å². The fourth-order valence-corrected chi connectivity index (χ4v) is 3.36. The van der Waals surface area contributed by atoms with Gasteiger partial charge in [-0.05, 0) is 24.6 Å². The first kappa shape index (κ1) is 19.0. The molecule has 3 aromatic rings. The zero-order valence-electron chi connectivity index (χ0n) is 15.7. The number of hydrogen-bond acceptors (Lipinski definition) is 6. The van der Waals surface area contributed by atoms with Crippen molar-refractivity contribution in [2.45, 2.75) is 12.5 Å². The molecule has 1 atom stereocenters. The SMILES string of the molecule is O=C(c1cccc([N+](=O)[O-])c1)N(CCC1CNCCO1)c1nc2ccccc2[nH]1. The summed E-state index contributed by atoms with van der Waals surface area (Å²) >= 11 is 0. The van der Waals surface area contributed by atoms with Crippen molar-refractivity contribution in [2.24, 2.45) is 0 Å². The molecule has 150 valence electrons. The molecule has 9 heteroatoms. The number of non-ortho nitro benzene ring substituents is 1. The number of aromatic nitrogens is 2. The van der Waals surface area contributed by atoms with Crippen molar-refractivity contribution in [2.75, 3.05) is 31.1 Å². The summed E-state index contributed by atoms with van der Waals surface area (Å²) in [5, 5.41) is 14.4. The smallest absolute Gasteiger partial charge is 0.270 e. The highest BCUT2D eigenvalue weighted by Crippen LogP contribution is 2.22. The number of amides is 1. The molecule has 9 nitrogen and oxygen atoms in total. The third-order valence-electron chi connectivity index (χ3n) is 4.86. The van der Waals surface area contributed by atoms with E-state index in [1.165, 1.54) is 23.1 Å². The van der Waals surface area contributed by atoms with Crippen LogP contribution < -0.4 is 10.2 Å². The van der Waals surface area contributed by atoms with Crippen LogP contribution in [0.2, 0.25) is 0 Å². The Balaban J connectivity index is 1.64. The summed E-state index contributed by atoms with van der Waals surface area (Å²) < 4.78 is 5.74. The second-order valence-electron chi connectivity index (χ2n) is 6.83. The number of nitro groups is 1. The van der Waals surface area contributed by atoms with E-state index in [9.17, 15) is 14.9 Å². The van der Waals surface area contributed by atoms with E-state index in [0.29, 0.717) is 25.5 Å². The van der Waals surface area contributed by atoms with Gasteiger partial charge in [0.25, 0.3) is 11.6 Å². The van der Waals surface area contributed by atoms with Crippen molar-refractivity contribution in [3.63, 3.8) is 0 Å². The average molecular weight is 395 g/mol. The molecular formula is C20H21N5O4. The van der Waals surface area contributed by atoms with Gasteiger partial charge in [-0.25, -0.2) is 4.98 Å². The van der Waals surface area contributed by atoms with Crippen LogP contribution in [0.4, 0.5) is 11.6 Å². The number of nitro benzene ring substituents is 1. The van der Waals surface area contributed by atoms with Gasteiger partial charge in [-0.15, -0.1) is 0 Å². The normalized spacial score (nSPS) is 16.6. The highest BCUT2D eigenvalue weighted by Gasteiger charge is 2.24. The lowest BCUT2D eigenvalue weighted by atomic mass is 10.1. The Morgan fingerprint density at radius 1 is 1.28 bits per heavy atom. The van der Waals surface area contributed by atoms with Crippen LogP contribution in [0.15, 0.2) is 48.5 Å². The number of aromatic amines is 1. The Bertz CT molecular complexity index is 995. The molecule has 1 fully saturated rings. The number of anilines is 1. The monoisotopic (exact) mass is 395 g/mol. The molecule has 0 bridgehead atoms. The fourth-order valence-electron chi connectivity index (χ4n) is 3.36. The average Bonchev–Trinajstić information content (AvgIpc) is 3.18. The van der Waals surface area contributed by atoms with Gasteiger partial charge in [-0.2, -0.15) is 0 Å². The van der Waals surface area contributed by atoms with Crippen molar-refractivity contribution in [3.8, 4) is 0 Å². The third kappa shape index (κ3) is 4.25. The summed E-state index contributed by atoms with van der Waals surface area (Å²) in [6.07, 6.45) is 0.610. The molecule has 0 aliphatic carbocycles. The van der Waals surface area contributed by atoms with Crippen molar-refractivity contribution in [3.05, 3.63) is 64.2 Å². The predicted molar refractivity (Wildman–Crippen MR) is 108 cm³/mol. The van der Waals surface area contributed by atoms with Crippen LogP contribution in [0.3, 0.4) is 0 Å². The molecule has 0 saturated carbocycles. The number of fused-ring (bicyclic) bond motifs is 1. The van der Waals surface area contributed by atoms with Crippen molar-refractivity contribution in [1.82, 2.24) is 15.3 Å². The van der Waals surface area contributed by atoms with Gasteiger partial charge in [-0.3, -0.25) is 19.8 Å². The second kappa shape index (κ2) is 8.38. The molecular weight excluding hydrogens is 374 g/mol. The number of nitrogens with zero attached hydrogens (tertiary/aromatic N) is 3. The largest absolute Gasteiger partial charge is 0.376 e. The van der Waals surface area contributed by atoms with Crippen molar-refractivity contribution < 1.29 is 14.5 Å². The number of H-pyrrole nitrogens is 1. The third-order valence-corrected chi connectivity index (χ3v) is 4.86. The number of ether oxygens (including phenoxy) is 1. The molecule has 1 aliphatic heterocycles. The molecule has 1 saturated heterocycles. The number of benzene rings is 2. The van der Waals surface area contributed by atoms with Crippen LogP contribution >= 0.6 is 0 Å². The number of nitrogens with one attached hydrogen (secondary N) is 2. The molecule has 1 aromatic heterocycles. The molecule has 0 spiro atoms.